The number of anilines is 1. The van der Waals surface area contributed by atoms with Crippen molar-refractivity contribution in [2.45, 2.75) is 44.6 Å². The maximum Gasteiger partial charge on any atom is 0.291 e. The fraction of sp³-hybridized carbons (Fsp3) is 0.480. The fourth-order valence-electron chi connectivity index (χ4n) is 5.62. The lowest BCUT2D eigenvalue weighted by Crippen LogP contribution is -2.59. The number of fused-ring (bicyclic) bond motifs is 1. The Hall–Kier alpha value is -2.93. The van der Waals surface area contributed by atoms with Crippen LogP contribution in [0.4, 0.5) is 5.69 Å². The predicted molar refractivity (Wildman–Crippen MR) is 122 cm³/mol. The number of benzene rings is 1. The third kappa shape index (κ3) is 3.18. The van der Waals surface area contributed by atoms with Crippen LogP contribution in [0.1, 0.15) is 47.9 Å². The molecule has 32 heavy (non-hydrogen) atoms. The molecule has 1 atom stereocenters. The van der Waals surface area contributed by atoms with Gasteiger partial charge >= 0.3 is 0 Å². The summed E-state index contributed by atoms with van der Waals surface area (Å²) in [7, 11) is 0. The molecule has 1 spiro atoms. The van der Waals surface area contributed by atoms with E-state index in [2.05, 4.69) is 63.6 Å². The van der Waals surface area contributed by atoms with E-state index < -0.39 is 0 Å². The Kier molecular flexibility index (Phi) is 4.34. The van der Waals surface area contributed by atoms with E-state index in [4.69, 9.17) is 4.74 Å². The van der Waals surface area contributed by atoms with Crippen molar-refractivity contribution in [3.63, 3.8) is 0 Å². The SMILES string of the molecule is Cc1cc(N2CC[C@](C)(c3ccccc3)C2)cn2nc(C(=O)NC3CC4(COC4)C3)nc12. The van der Waals surface area contributed by atoms with Gasteiger partial charge in [0.15, 0.2) is 5.65 Å². The summed E-state index contributed by atoms with van der Waals surface area (Å²) in [5, 5.41) is 7.62. The number of aryl methyl sites for hydroxylation is 1. The Bertz CT molecular complexity index is 1180. The maximum absolute atomic E-state index is 12.7. The summed E-state index contributed by atoms with van der Waals surface area (Å²) < 4.78 is 7.08. The van der Waals surface area contributed by atoms with Crippen molar-refractivity contribution in [1.29, 1.82) is 0 Å². The maximum atomic E-state index is 12.7. The molecule has 7 heteroatoms. The molecule has 1 aromatic carbocycles. The van der Waals surface area contributed by atoms with Crippen LogP contribution in [0.5, 0.6) is 0 Å². The molecule has 2 aromatic heterocycles. The van der Waals surface area contributed by atoms with Crippen LogP contribution in [0.25, 0.3) is 5.65 Å². The van der Waals surface area contributed by atoms with E-state index in [0.717, 1.165) is 62.5 Å². The Morgan fingerprint density at radius 3 is 2.72 bits per heavy atom. The first-order valence-corrected chi connectivity index (χ1v) is 11.5. The van der Waals surface area contributed by atoms with Gasteiger partial charge in [-0.2, -0.15) is 0 Å². The molecule has 3 fully saturated rings. The summed E-state index contributed by atoms with van der Waals surface area (Å²) >= 11 is 0. The van der Waals surface area contributed by atoms with Crippen LogP contribution < -0.4 is 10.2 Å². The van der Waals surface area contributed by atoms with E-state index in [0.29, 0.717) is 5.41 Å². The first-order chi connectivity index (χ1) is 15.4. The molecule has 2 saturated heterocycles. The third-order valence-corrected chi connectivity index (χ3v) is 7.63. The number of rotatable bonds is 4. The van der Waals surface area contributed by atoms with Gasteiger partial charge in [-0.1, -0.05) is 37.3 Å². The highest BCUT2D eigenvalue weighted by atomic mass is 16.5. The van der Waals surface area contributed by atoms with Crippen molar-refractivity contribution in [3.8, 4) is 0 Å². The molecule has 166 valence electrons. The largest absolute Gasteiger partial charge is 0.380 e. The Balaban J connectivity index is 1.20. The van der Waals surface area contributed by atoms with E-state index in [9.17, 15) is 4.79 Å². The number of hydrogen-bond acceptors (Lipinski definition) is 5. The van der Waals surface area contributed by atoms with E-state index in [1.807, 2.05) is 13.1 Å². The molecule has 4 heterocycles. The second kappa shape index (κ2) is 7.04. The van der Waals surface area contributed by atoms with Gasteiger partial charge in [-0.05, 0) is 43.4 Å². The predicted octanol–water partition coefficient (Wildman–Crippen LogP) is 3.11. The number of nitrogens with zero attached hydrogens (tertiary/aromatic N) is 4. The first-order valence-electron chi connectivity index (χ1n) is 11.5. The summed E-state index contributed by atoms with van der Waals surface area (Å²) in [5.41, 5.74) is 4.71. The van der Waals surface area contributed by atoms with Gasteiger partial charge in [-0.15, -0.1) is 5.10 Å². The van der Waals surface area contributed by atoms with Crippen molar-refractivity contribution < 1.29 is 9.53 Å². The second-order valence-electron chi connectivity index (χ2n) is 10.3. The number of nitrogens with one attached hydrogen (secondary N) is 1. The highest BCUT2D eigenvalue weighted by molar-refractivity contribution is 5.91. The number of aromatic nitrogens is 3. The lowest BCUT2D eigenvalue weighted by molar-refractivity contribution is -0.165. The molecule has 1 amide bonds. The van der Waals surface area contributed by atoms with E-state index in [1.165, 1.54) is 5.56 Å². The van der Waals surface area contributed by atoms with Gasteiger partial charge in [0, 0.05) is 30.0 Å². The molecule has 3 aromatic rings. The zero-order valence-electron chi connectivity index (χ0n) is 18.7. The molecule has 1 N–H and O–H groups in total. The Morgan fingerprint density at radius 2 is 2.00 bits per heavy atom. The van der Waals surface area contributed by atoms with E-state index in [-0.39, 0.29) is 23.2 Å². The second-order valence-corrected chi connectivity index (χ2v) is 10.3. The van der Waals surface area contributed by atoms with Crippen LogP contribution >= 0.6 is 0 Å². The highest BCUT2D eigenvalue weighted by Gasteiger charge is 2.50. The van der Waals surface area contributed by atoms with Crippen molar-refractivity contribution in [3.05, 3.63) is 59.5 Å². The molecule has 2 aliphatic heterocycles. The number of pyridine rings is 1. The van der Waals surface area contributed by atoms with Gasteiger partial charge in [0.1, 0.15) is 0 Å². The summed E-state index contributed by atoms with van der Waals surface area (Å²) in [4.78, 5) is 19.7. The van der Waals surface area contributed by atoms with Gasteiger partial charge in [-0.3, -0.25) is 4.79 Å². The molecule has 0 unspecified atom stereocenters. The monoisotopic (exact) mass is 431 g/mol. The molecule has 1 aliphatic carbocycles. The average molecular weight is 432 g/mol. The summed E-state index contributed by atoms with van der Waals surface area (Å²) in [6, 6.07) is 13.1. The van der Waals surface area contributed by atoms with Gasteiger partial charge in [0.05, 0.1) is 25.1 Å². The zero-order chi connectivity index (χ0) is 21.9. The van der Waals surface area contributed by atoms with E-state index in [1.54, 1.807) is 4.52 Å². The van der Waals surface area contributed by atoms with E-state index >= 15 is 0 Å². The molecule has 0 radical (unpaired) electrons. The molecule has 6 rings (SSSR count). The smallest absolute Gasteiger partial charge is 0.291 e. The summed E-state index contributed by atoms with van der Waals surface area (Å²) in [6.45, 7) is 7.98. The van der Waals surface area contributed by atoms with Crippen LogP contribution in [0.2, 0.25) is 0 Å². The summed E-state index contributed by atoms with van der Waals surface area (Å²) in [6.07, 6.45) is 5.09. The number of carbonyl (C=O) groups excluding carboxylic acids is 1. The minimum Gasteiger partial charge on any atom is -0.380 e. The number of ether oxygens (including phenoxy) is 1. The molecule has 1 saturated carbocycles. The Labute approximate surface area is 187 Å². The molecule has 3 aliphatic rings. The van der Waals surface area contributed by atoms with Crippen LogP contribution in [0, 0.1) is 12.3 Å². The van der Waals surface area contributed by atoms with Gasteiger partial charge in [-0.25, -0.2) is 9.50 Å². The van der Waals surface area contributed by atoms with Crippen LogP contribution in [0.3, 0.4) is 0 Å². The fourth-order valence-corrected chi connectivity index (χ4v) is 5.62. The number of hydrogen-bond donors (Lipinski definition) is 1. The topological polar surface area (TPSA) is 71.8 Å². The normalized spacial score (nSPS) is 24.5. The van der Waals surface area contributed by atoms with Crippen LogP contribution in [-0.4, -0.2) is 52.9 Å². The summed E-state index contributed by atoms with van der Waals surface area (Å²) in [5.74, 6) is 0.0548. The van der Waals surface area contributed by atoms with Crippen molar-refractivity contribution in [2.24, 2.45) is 5.41 Å². The quantitative estimate of drug-likeness (QED) is 0.687. The molecular weight excluding hydrogens is 402 g/mol. The molecular formula is C25H29N5O2. The van der Waals surface area contributed by atoms with Gasteiger partial charge < -0.3 is 15.0 Å². The van der Waals surface area contributed by atoms with Crippen molar-refractivity contribution in [2.75, 3.05) is 31.2 Å². The zero-order valence-corrected chi connectivity index (χ0v) is 18.7. The lowest BCUT2D eigenvalue weighted by Gasteiger charge is -2.53. The van der Waals surface area contributed by atoms with Crippen LogP contribution in [0.15, 0.2) is 42.6 Å². The minimum atomic E-state index is -0.187. The number of amides is 1. The standard InChI is InChI=1S/C25H29N5O2/c1-17-10-20(29-9-8-24(2,14-29)18-6-4-3-5-7-18)13-30-22(17)27-21(28-30)23(31)26-19-11-25(12-19)15-32-16-25/h3-7,10,13,19H,8-9,11-12,14-16H2,1-2H3,(H,26,31)/t24-/m0/s1. The van der Waals surface area contributed by atoms with Crippen LogP contribution in [-0.2, 0) is 10.2 Å². The average Bonchev–Trinajstić information content (AvgIpc) is 3.35. The molecule has 0 bridgehead atoms. The van der Waals surface area contributed by atoms with Crippen molar-refractivity contribution >= 4 is 17.2 Å². The highest BCUT2D eigenvalue weighted by Crippen LogP contribution is 2.46. The lowest BCUT2D eigenvalue weighted by atomic mass is 9.64. The van der Waals surface area contributed by atoms with Crippen molar-refractivity contribution in [1.82, 2.24) is 19.9 Å². The van der Waals surface area contributed by atoms with Gasteiger partial charge in [0.25, 0.3) is 5.91 Å². The number of carbonyl (C=O) groups is 1. The molecule has 7 nitrogen and oxygen atoms in total. The minimum absolute atomic E-state index is 0.128. The van der Waals surface area contributed by atoms with Gasteiger partial charge in [0.2, 0.25) is 5.82 Å². The third-order valence-electron chi connectivity index (χ3n) is 7.63. The Morgan fingerprint density at radius 1 is 1.22 bits per heavy atom. The first kappa shape index (κ1) is 19.7.